The molecule has 4 aromatic rings. The number of fused-ring (bicyclic) bond motifs is 1. The molecule has 0 aliphatic rings. The first-order chi connectivity index (χ1) is 16.0. The minimum Gasteiger partial charge on any atom is -0.362 e. The number of aromatic nitrogens is 3. The van der Waals surface area contributed by atoms with E-state index in [9.17, 15) is 4.79 Å². The Morgan fingerprint density at radius 1 is 1.00 bits per heavy atom. The normalized spacial score (nSPS) is 11.3. The first-order valence-electron chi connectivity index (χ1n) is 11.2. The van der Waals surface area contributed by atoms with Crippen LogP contribution in [-0.2, 0) is 0 Å². The summed E-state index contributed by atoms with van der Waals surface area (Å²) in [7, 11) is 0. The van der Waals surface area contributed by atoms with Crippen molar-refractivity contribution in [3.63, 3.8) is 0 Å². The average molecular weight is 442 g/mol. The molecule has 2 N–H and O–H groups in total. The molecule has 2 aromatic heterocycles. The molecule has 2 aromatic carbocycles. The van der Waals surface area contributed by atoms with Crippen molar-refractivity contribution in [1.82, 2.24) is 14.5 Å². The first-order valence-corrected chi connectivity index (χ1v) is 11.2. The Bertz CT molecular complexity index is 1310. The van der Waals surface area contributed by atoms with E-state index in [0.717, 1.165) is 33.3 Å². The topological polar surface area (TPSA) is 71.8 Å². The molecule has 6 heteroatoms. The summed E-state index contributed by atoms with van der Waals surface area (Å²) in [5.41, 5.74) is 3.49. The van der Waals surface area contributed by atoms with Gasteiger partial charge < -0.3 is 10.6 Å². The molecule has 0 aliphatic heterocycles. The molecule has 0 amide bonds. The number of pyridine rings is 1. The van der Waals surface area contributed by atoms with Gasteiger partial charge in [0, 0.05) is 16.9 Å². The van der Waals surface area contributed by atoms with Crippen LogP contribution in [0.2, 0.25) is 0 Å². The van der Waals surface area contributed by atoms with Gasteiger partial charge in [0.1, 0.15) is 18.0 Å². The number of para-hydroxylation sites is 1. The van der Waals surface area contributed by atoms with Gasteiger partial charge in [0.2, 0.25) is 0 Å². The fourth-order valence-electron chi connectivity index (χ4n) is 3.83. The summed E-state index contributed by atoms with van der Waals surface area (Å²) < 4.78 is 1.78. The predicted octanol–water partition coefficient (Wildman–Crippen LogP) is 6.15. The van der Waals surface area contributed by atoms with Gasteiger partial charge in [-0.15, -0.1) is 0 Å². The fourth-order valence-corrected chi connectivity index (χ4v) is 3.83. The molecule has 0 spiro atoms. The Balaban J connectivity index is 0.00000149. The van der Waals surface area contributed by atoms with Gasteiger partial charge in [0.25, 0.3) is 5.56 Å². The van der Waals surface area contributed by atoms with E-state index in [0.29, 0.717) is 11.6 Å². The Kier molecular flexibility index (Phi) is 7.61. The van der Waals surface area contributed by atoms with E-state index in [-0.39, 0.29) is 11.6 Å². The van der Waals surface area contributed by atoms with Crippen LogP contribution < -0.4 is 16.2 Å². The quantitative estimate of drug-likeness (QED) is 0.375. The van der Waals surface area contributed by atoms with Crippen molar-refractivity contribution in [3.05, 3.63) is 101 Å². The van der Waals surface area contributed by atoms with Crippen molar-refractivity contribution >= 4 is 22.4 Å². The van der Waals surface area contributed by atoms with Gasteiger partial charge in [-0.2, -0.15) is 0 Å². The Morgan fingerprint density at radius 3 is 2.39 bits per heavy atom. The Labute approximate surface area is 195 Å². The third kappa shape index (κ3) is 4.80. The largest absolute Gasteiger partial charge is 0.362 e. The Morgan fingerprint density at radius 2 is 1.70 bits per heavy atom. The lowest BCUT2D eigenvalue weighted by Gasteiger charge is -2.22. The molecular weight excluding hydrogens is 410 g/mol. The van der Waals surface area contributed by atoms with Crippen molar-refractivity contribution in [1.29, 1.82) is 0 Å². The first kappa shape index (κ1) is 23.7. The highest BCUT2D eigenvalue weighted by Crippen LogP contribution is 2.27. The van der Waals surface area contributed by atoms with Crippen molar-refractivity contribution in [2.75, 3.05) is 10.6 Å². The minimum absolute atomic E-state index is 0.0288. The summed E-state index contributed by atoms with van der Waals surface area (Å²) in [5, 5.41) is 8.14. The molecule has 0 radical (unpaired) electrons. The SMILES string of the molecule is C=CNc1ncnc(NC(C)c2cc3cccc(C)c3c(=O)n2-c2ccccc2)c1C.CC. The summed E-state index contributed by atoms with van der Waals surface area (Å²) in [5.74, 6) is 1.39. The van der Waals surface area contributed by atoms with Crippen molar-refractivity contribution in [2.45, 2.75) is 40.7 Å². The molecule has 0 saturated heterocycles. The molecule has 0 bridgehead atoms. The number of hydrogen-bond acceptors (Lipinski definition) is 5. The summed E-state index contributed by atoms with van der Waals surface area (Å²) >= 11 is 0. The number of benzene rings is 2. The van der Waals surface area contributed by atoms with E-state index in [2.05, 4.69) is 33.2 Å². The lowest BCUT2D eigenvalue weighted by atomic mass is 10.0. The van der Waals surface area contributed by atoms with Gasteiger partial charge in [-0.3, -0.25) is 9.36 Å². The molecule has 4 rings (SSSR count). The molecule has 1 atom stereocenters. The van der Waals surface area contributed by atoms with Gasteiger partial charge in [-0.25, -0.2) is 9.97 Å². The maximum Gasteiger partial charge on any atom is 0.263 e. The minimum atomic E-state index is -0.192. The van der Waals surface area contributed by atoms with Crippen LogP contribution >= 0.6 is 0 Å². The summed E-state index contributed by atoms with van der Waals surface area (Å²) in [6.45, 7) is 13.6. The lowest BCUT2D eigenvalue weighted by Crippen LogP contribution is -2.26. The fraction of sp³-hybridized carbons (Fsp3) is 0.222. The van der Waals surface area contributed by atoms with Crippen molar-refractivity contribution in [2.24, 2.45) is 0 Å². The summed E-state index contributed by atoms with van der Waals surface area (Å²) in [4.78, 5) is 22.3. The van der Waals surface area contributed by atoms with Crippen molar-refractivity contribution in [3.8, 4) is 5.69 Å². The predicted molar refractivity (Wildman–Crippen MR) is 138 cm³/mol. The van der Waals surface area contributed by atoms with E-state index in [1.54, 1.807) is 10.8 Å². The molecule has 0 fully saturated rings. The molecule has 170 valence electrons. The standard InChI is InChI=1S/C25H25N5O.C2H6/c1-5-26-23-17(3)24(28-15-27-23)29-18(4)21-14-19-11-9-10-16(2)22(19)25(31)30(21)20-12-7-6-8-13-20;1-2/h5-15,18H,1H2,2-4H3,(H2,26,27,28,29);1-2H3. The smallest absolute Gasteiger partial charge is 0.263 e. The molecule has 6 nitrogen and oxygen atoms in total. The van der Waals surface area contributed by atoms with Crippen LogP contribution in [0.25, 0.3) is 16.5 Å². The lowest BCUT2D eigenvalue weighted by molar-refractivity contribution is 0.771. The number of anilines is 2. The number of nitrogens with zero attached hydrogens (tertiary/aromatic N) is 3. The zero-order chi connectivity index (χ0) is 24.0. The number of nitrogens with one attached hydrogen (secondary N) is 2. The molecule has 0 saturated carbocycles. The monoisotopic (exact) mass is 441 g/mol. The van der Waals surface area contributed by atoms with E-state index in [1.165, 1.54) is 6.33 Å². The zero-order valence-electron chi connectivity index (χ0n) is 19.9. The summed E-state index contributed by atoms with van der Waals surface area (Å²) in [6, 6.07) is 17.5. The highest BCUT2D eigenvalue weighted by molar-refractivity contribution is 5.85. The van der Waals surface area contributed by atoms with Gasteiger partial charge in [0.15, 0.2) is 0 Å². The van der Waals surface area contributed by atoms with Crippen LogP contribution in [0.1, 0.15) is 43.6 Å². The second kappa shape index (κ2) is 10.6. The van der Waals surface area contributed by atoms with E-state index >= 15 is 0 Å². The van der Waals surface area contributed by atoms with Gasteiger partial charge >= 0.3 is 0 Å². The number of rotatable bonds is 6. The summed E-state index contributed by atoms with van der Waals surface area (Å²) in [6.07, 6.45) is 3.09. The average Bonchev–Trinajstić information content (AvgIpc) is 2.83. The highest BCUT2D eigenvalue weighted by atomic mass is 16.1. The molecule has 0 aliphatic carbocycles. The van der Waals surface area contributed by atoms with Gasteiger partial charge in [0.05, 0.1) is 11.4 Å². The van der Waals surface area contributed by atoms with Crippen LogP contribution in [0.5, 0.6) is 0 Å². The maximum atomic E-state index is 13.6. The van der Waals surface area contributed by atoms with Crippen LogP contribution in [0, 0.1) is 13.8 Å². The molecule has 2 heterocycles. The van der Waals surface area contributed by atoms with E-state index < -0.39 is 0 Å². The third-order valence-electron chi connectivity index (χ3n) is 5.42. The maximum absolute atomic E-state index is 13.6. The Hall–Kier alpha value is -3.93. The second-order valence-electron chi connectivity index (χ2n) is 7.49. The third-order valence-corrected chi connectivity index (χ3v) is 5.42. The second-order valence-corrected chi connectivity index (χ2v) is 7.49. The number of hydrogen-bond donors (Lipinski definition) is 2. The molecule has 1 unspecified atom stereocenters. The van der Waals surface area contributed by atoms with Crippen LogP contribution in [0.3, 0.4) is 0 Å². The van der Waals surface area contributed by atoms with Crippen LogP contribution in [0.4, 0.5) is 11.6 Å². The van der Waals surface area contributed by atoms with E-state index in [4.69, 9.17) is 0 Å². The highest BCUT2D eigenvalue weighted by Gasteiger charge is 2.18. The van der Waals surface area contributed by atoms with E-state index in [1.807, 2.05) is 83.1 Å². The molecule has 33 heavy (non-hydrogen) atoms. The van der Waals surface area contributed by atoms with Gasteiger partial charge in [-0.05, 0) is 56.1 Å². The van der Waals surface area contributed by atoms with Crippen LogP contribution in [-0.4, -0.2) is 14.5 Å². The van der Waals surface area contributed by atoms with Crippen molar-refractivity contribution < 1.29 is 0 Å². The zero-order valence-corrected chi connectivity index (χ0v) is 19.9. The van der Waals surface area contributed by atoms with Gasteiger partial charge in [-0.1, -0.05) is 56.8 Å². The molecular formula is C27H31N5O. The van der Waals surface area contributed by atoms with Crippen LogP contribution in [0.15, 0.2) is 78.5 Å². The number of aryl methyl sites for hydroxylation is 1.